The maximum absolute atomic E-state index is 9.74. The first-order valence-corrected chi connectivity index (χ1v) is 4.96. The van der Waals surface area contributed by atoms with Crippen molar-refractivity contribution < 1.29 is 15.3 Å². The molecule has 0 radical (unpaired) electrons. The zero-order chi connectivity index (χ0) is 10.4. The Morgan fingerprint density at radius 1 is 1.00 bits per heavy atom. The first-order chi connectivity index (χ1) is 5.99. The molecule has 0 saturated heterocycles. The van der Waals surface area contributed by atoms with Crippen LogP contribution in [0.3, 0.4) is 0 Å². The van der Waals surface area contributed by atoms with Gasteiger partial charge in [-0.2, -0.15) is 0 Å². The molecule has 0 aliphatic carbocycles. The van der Waals surface area contributed by atoms with Crippen LogP contribution in [0.25, 0.3) is 0 Å². The van der Waals surface area contributed by atoms with Crippen molar-refractivity contribution in [3.8, 4) is 0 Å². The van der Waals surface area contributed by atoms with Crippen LogP contribution < -0.4 is 0 Å². The number of rotatable bonds is 6. The molecule has 0 heterocycles. The standard InChI is InChI=1S/C10H22O3/c1-7(4-5-11)10(13)8(2)6-9(3)12/h7-13H,4-6H2,1-3H3. The van der Waals surface area contributed by atoms with Gasteiger partial charge in [-0.3, -0.25) is 0 Å². The van der Waals surface area contributed by atoms with Gasteiger partial charge in [0.05, 0.1) is 12.2 Å². The van der Waals surface area contributed by atoms with E-state index in [1.807, 2.05) is 13.8 Å². The van der Waals surface area contributed by atoms with E-state index in [1.54, 1.807) is 6.92 Å². The fourth-order valence-electron chi connectivity index (χ4n) is 1.61. The lowest BCUT2D eigenvalue weighted by atomic mass is 9.88. The molecule has 0 saturated carbocycles. The fraction of sp³-hybridized carbons (Fsp3) is 1.00. The minimum absolute atomic E-state index is 0.0848. The predicted molar refractivity (Wildman–Crippen MR) is 52.3 cm³/mol. The molecule has 0 aromatic carbocycles. The highest BCUT2D eigenvalue weighted by atomic mass is 16.3. The Kier molecular flexibility index (Phi) is 6.29. The number of aliphatic hydroxyl groups is 3. The quantitative estimate of drug-likeness (QED) is 0.580. The van der Waals surface area contributed by atoms with Crippen LogP contribution in [-0.2, 0) is 0 Å². The van der Waals surface area contributed by atoms with Crippen LogP contribution >= 0.6 is 0 Å². The van der Waals surface area contributed by atoms with Crippen molar-refractivity contribution in [1.29, 1.82) is 0 Å². The Labute approximate surface area is 80.4 Å². The van der Waals surface area contributed by atoms with Gasteiger partial charge in [-0.15, -0.1) is 0 Å². The molecule has 80 valence electrons. The lowest BCUT2D eigenvalue weighted by Crippen LogP contribution is -2.28. The number of aliphatic hydroxyl groups excluding tert-OH is 3. The Hall–Kier alpha value is -0.120. The van der Waals surface area contributed by atoms with Crippen molar-refractivity contribution in [2.24, 2.45) is 11.8 Å². The molecule has 13 heavy (non-hydrogen) atoms. The normalized spacial score (nSPS) is 20.8. The van der Waals surface area contributed by atoms with E-state index in [4.69, 9.17) is 10.2 Å². The Bertz CT molecular complexity index is 125. The summed E-state index contributed by atoms with van der Waals surface area (Å²) in [6, 6.07) is 0. The summed E-state index contributed by atoms with van der Waals surface area (Å²) in [6.07, 6.45) is 0.426. The van der Waals surface area contributed by atoms with E-state index >= 15 is 0 Å². The lowest BCUT2D eigenvalue weighted by Gasteiger charge is -2.25. The van der Waals surface area contributed by atoms with Crippen LogP contribution in [-0.4, -0.2) is 34.1 Å². The zero-order valence-electron chi connectivity index (χ0n) is 8.77. The minimum atomic E-state index is -0.429. The Balaban J connectivity index is 3.85. The van der Waals surface area contributed by atoms with E-state index < -0.39 is 6.10 Å². The van der Waals surface area contributed by atoms with Crippen LogP contribution in [0, 0.1) is 11.8 Å². The third kappa shape index (κ3) is 5.24. The van der Waals surface area contributed by atoms with Crippen molar-refractivity contribution in [2.45, 2.75) is 45.8 Å². The molecule has 0 bridgehead atoms. The molecule has 3 nitrogen and oxygen atoms in total. The maximum Gasteiger partial charge on any atom is 0.0593 e. The van der Waals surface area contributed by atoms with Crippen LogP contribution in [0.2, 0.25) is 0 Å². The van der Waals surface area contributed by atoms with Crippen LogP contribution in [0.1, 0.15) is 33.6 Å². The van der Waals surface area contributed by atoms with Gasteiger partial charge in [-0.25, -0.2) is 0 Å². The van der Waals surface area contributed by atoms with Crippen molar-refractivity contribution in [2.75, 3.05) is 6.61 Å². The van der Waals surface area contributed by atoms with Gasteiger partial charge in [0.25, 0.3) is 0 Å². The van der Waals surface area contributed by atoms with E-state index in [0.29, 0.717) is 12.8 Å². The van der Waals surface area contributed by atoms with Gasteiger partial charge in [0.1, 0.15) is 0 Å². The van der Waals surface area contributed by atoms with Gasteiger partial charge < -0.3 is 15.3 Å². The van der Waals surface area contributed by atoms with Gasteiger partial charge >= 0.3 is 0 Å². The SMILES string of the molecule is CC(O)CC(C)C(O)C(C)CCO. The average Bonchev–Trinajstić information content (AvgIpc) is 2.02. The third-order valence-electron chi connectivity index (χ3n) is 2.46. The molecule has 3 N–H and O–H groups in total. The summed E-state index contributed by atoms with van der Waals surface area (Å²) in [5.74, 6) is 0.181. The van der Waals surface area contributed by atoms with Gasteiger partial charge in [0, 0.05) is 6.61 Å². The molecule has 0 aromatic rings. The third-order valence-corrected chi connectivity index (χ3v) is 2.46. The Morgan fingerprint density at radius 2 is 1.54 bits per heavy atom. The predicted octanol–water partition coefficient (Wildman–Crippen LogP) is 0.773. The van der Waals surface area contributed by atoms with Crippen LogP contribution in [0.4, 0.5) is 0 Å². The molecule has 4 unspecified atom stereocenters. The topological polar surface area (TPSA) is 60.7 Å². The summed E-state index contributed by atoms with van der Waals surface area (Å²) in [7, 11) is 0. The minimum Gasteiger partial charge on any atom is -0.396 e. The zero-order valence-corrected chi connectivity index (χ0v) is 8.77. The second kappa shape index (κ2) is 6.35. The summed E-state index contributed by atoms with van der Waals surface area (Å²) in [4.78, 5) is 0. The van der Waals surface area contributed by atoms with E-state index in [0.717, 1.165) is 0 Å². The Morgan fingerprint density at radius 3 is 1.92 bits per heavy atom. The molecule has 0 fully saturated rings. The molecule has 3 heteroatoms. The molecule has 0 aromatic heterocycles. The fourth-order valence-corrected chi connectivity index (χ4v) is 1.61. The van der Waals surface area contributed by atoms with Gasteiger partial charge in [-0.1, -0.05) is 13.8 Å². The van der Waals surface area contributed by atoms with Gasteiger partial charge in [0.2, 0.25) is 0 Å². The first kappa shape index (κ1) is 12.9. The van der Waals surface area contributed by atoms with E-state index in [9.17, 15) is 5.11 Å². The van der Waals surface area contributed by atoms with Gasteiger partial charge in [0.15, 0.2) is 0 Å². The average molecular weight is 190 g/mol. The van der Waals surface area contributed by atoms with Crippen molar-refractivity contribution in [1.82, 2.24) is 0 Å². The lowest BCUT2D eigenvalue weighted by molar-refractivity contribution is 0.0304. The van der Waals surface area contributed by atoms with E-state index in [-0.39, 0.29) is 24.5 Å². The van der Waals surface area contributed by atoms with Crippen molar-refractivity contribution >= 4 is 0 Å². The van der Waals surface area contributed by atoms with Crippen LogP contribution in [0.15, 0.2) is 0 Å². The molecule has 0 spiro atoms. The number of hydrogen-bond donors (Lipinski definition) is 3. The van der Waals surface area contributed by atoms with Crippen molar-refractivity contribution in [3.05, 3.63) is 0 Å². The highest BCUT2D eigenvalue weighted by molar-refractivity contribution is 4.72. The molecule has 0 aliphatic rings. The second-order valence-electron chi connectivity index (χ2n) is 4.04. The highest BCUT2D eigenvalue weighted by Gasteiger charge is 2.21. The summed E-state index contributed by atoms with van der Waals surface area (Å²) >= 11 is 0. The second-order valence-corrected chi connectivity index (χ2v) is 4.04. The molecule has 0 amide bonds. The molecule has 4 atom stereocenters. The first-order valence-electron chi connectivity index (χ1n) is 4.96. The molecular formula is C10H22O3. The summed E-state index contributed by atoms with van der Waals surface area (Å²) in [5.41, 5.74) is 0. The van der Waals surface area contributed by atoms with E-state index in [2.05, 4.69) is 0 Å². The van der Waals surface area contributed by atoms with Crippen molar-refractivity contribution in [3.63, 3.8) is 0 Å². The van der Waals surface area contributed by atoms with Crippen LogP contribution in [0.5, 0.6) is 0 Å². The smallest absolute Gasteiger partial charge is 0.0593 e. The van der Waals surface area contributed by atoms with Gasteiger partial charge in [-0.05, 0) is 31.6 Å². The number of hydrogen-bond acceptors (Lipinski definition) is 3. The largest absolute Gasteiger partial charge is 0.396 e. The molecule has 0 rings (SSSR count). The maximum atomic E-state index is 9.74. The molecule has 0 aliphatic heterocycles. The summed E-state index contributed by atoms with van der Waals surface area (Å²) in [6.45, 7) is 5.67. The monoisotopic (exact) mass is 190 g/mol. The summed E-state index contributed by atoms with van der Waals surface area (Å²) < 4.78 is 0. The highest BCUT2D eigenvalue weighted by Crippen LogP contribution is 2.19. The van der Waals surface area contributed by atoms with E-state index in [1.165, 1.54) is 0 Å². The molecular weight excluding hydrogens is 168 g/mol. The summed E-state index contributed by atoms with van der Waals surface area (Å²) in [5, 5.41) is 27.6.